The van der Waals surface area contributed by atoms with Gasteiger partial charge in [0.25, 0.3) is 0 Å². The second kappa shape index (κ2) is 5.66. The molecule has 1 atom stereocenters. The molecule has 2 heterocycles. The summed E-state index contributed by atoms with van der Waals surface area (Å²) >= 11 is 1.19. The lowest BCUT2D eigenvalue weighted by molar-refractivity contribution is -0.383. The number of carbonyl (C=O) groups excluding carboxylic acids is 1. The van der Waals surface area contributed by atoms with Crippen LogP contribution in [0.25, 0.3) is 0 Å². The third kappa shape index (κ3) is 2.93. The highest BCUT2D eigenvalue weighted by Gasteiger charge is 2.29. The van der Waals surface area contributed by atoms with Gasteiger partial charge < -0.3 is 9.64 Å². The molecule has 1 unspecified atom stereocenters. The van der Waals surface area contributed by atoms with Gasteiger partial charge in [0.1, 0.15) is 0 Å². The summed E-state index contributed by atoms with van der Waals surface area (Å²) < 4.78 is 5.32. The van der Waals surface area contributed by atoms with Gasteiger partial charge in [-0.25, -0.2) is 0 Å². The van der Waals surface area contributed by atoms with Crippen molar-refractivity contribution in [2.75, 3.05) is 25.1 Å². The molecule has 1 aromatic rings. The van der Waals surface area contributed by atoms with Gasteiger partial charge >= 0.3 is 5.69 Å². The molecule has 0 aromatic carbocycles. The molecule has 0 radical (unpaired) electrons. The zero-order valence-electron chi connectivity index (χ0n) is 10.9. The summed E-state index contributed by atoms with van der Waals surface area (Å²) in [6.07, 6.45) is 1.99. The lowest BCUT2D eigenvalue weighted by atomic mass is 10.1. The minimum Gasteiger partial charge on any atom is -0.380 e. The summed E-state index contributed by atoms with van der Waals surface area (Å²) in [6.45, 7) is 2.82. The van der Waals surface area contributed by atoms with Crippen molar-refractivity contribution in [2.24, 2.45) is 0 Å². The molecule has 0 amide bonds. The van der Waals surface area contributed by atoms with Gasteiger partial charge in [-0.1, -0.05) is 0 Å². The Hall–Kier alpha value is -1.47. The van der Waals surface area contributed by atoms with Gasteiger partial charge in [-0.05, 0) is 19.8 Å². The number of methoxy groups -OCH3 is 1. The van der Waals surface area contributed by atoms with Crippen LogP contribution in [0.2, 0.25) is 0 Å². The Morgan fingerprint density at radius 2 is 2.37 bits per heavy atom. The third-order valence-electron chi connectivity index (χ3n) is 3.24. The summed E-state index contributed by atoms with van der Waals surface area (Å²) in [7, 11) is 1.65. The second-order valence-electron chi connectivity index (χ2n) is 4.56. The van der Waals surface area contributed by atoms with E-state index in [1.54, 1.807) is 7.11 Å². The molecule has 104 valence electrons. The standard InChI is InChI=1S/C12H16N2O4S/c1-8(15)11-6-10(14(16)17)12(19-11)13-5-3-4-9(7-13)18-2/h6,9H,3-5,7H2,1-2H3. The van der Waals surface area contributed by atoms with Crippen LogP contribution < -0.4 is 4.90 Å². The predicted octanol–water partition coefficient (Wildman–Crippen LogP) is 2.47. The smallest absolute Gasteiger partial charge is 0.304 e. The highest BCUT2D eigenvalue weighted by Crippen LogP contribution is 2.39. The number of thiophene rings is 1. The highest BCUT2D eigenvalue weighted by atomic mass is 32.1. The van der Waals surface area contributed by atoms with Crippen LogP contribution in [0.1, 0.15) is 29.4 Å². The number of rotatable bonds is 4. The zero-order chi connectivity index (χ0) is 14.0. The molecule has 0 aliphatic carbocycles. The Kier molecular flexibility index (Phi) is 4.16. The summed E-state index contributed by atoms with van der Waals surface area (Å²) in [5, 5.41) is 11.7. The van der Waals surface area contributed by atoms with Gasteiger partial charge in [-0.3, -0.25) is 14.9 Å². The van der Waals surface area contributed by atoms with E-state index >= 15 is 0 Å². The first kappa shape index (κ1) is 14.0. The number of ketones is 1. The molecular weight excluding hydrogens is 268 g/mol. The Balaban J connectivity index is 2.32. The summed E-state index contributed by atoms with van der Waals surface area (Å²) in [6, 6.07) is 1.37. The summed E-state index contributed by atoms with van der Waals surface area (Å²) in [5.74, 6) is -0.139. The average molecular weight is 284 g/mol. The quantitative estimate of drug-likeness (QED) is 0.482. The minimum atomic E-state index is -0.422. The highest BCUT2D eigenvalue weighted by molar-refractivity contribution is 7.18. The van der Waals surface area contributed by atoms with Crippen LogP contribution in [0.15, 0.2) is 6.07 Å². The number of nitro groups is 1. The topological polar surface area (TPSA) is 72.7 Å². The fourth-order valence-electron chi connectivity index (χ4n) is 2.22. The van der Waals surface area contributed by atoms with E-state index < -0.39 is 4.92 Å². The van der Waals surface area contributed by atoms with Crippen LogP contribution in [0.3, 0.4) is 0 Å². The van der Waals surface area contributed by atoms with Crippen molar-refractivity contribution in [1.29, 1.82) is 0 Å². The van der Waals surface area contributed by atoms with E-state index in [1.165, 1.54) is 24.3 Å². The molecule has 2 rings (SSSR count). The number of Topliss-reactive ketones (excluding diaryl/α,β-unsaturated/α-hetero) is 1. The van der Waals surface area contributed by atoms with Crippen molar-refractivity contribution in [2.45, 2.75) is 25.9 Å². The van der Waals surface area contributed by atoms with Crippen LogP contribution in [0, 0.1) is 10.1 Å². The molecular formula is C12H16N2O4S. The monoisotopic (exact) mass is 284 g/mol. The lowest BCUT2D eigenvalue weighted by Crippen LogP contribution is -2.39. The molecule has 0 N–H and O–H groups in total. The first-order valence-corrected chi connectivity index (χ1v) is 6.91. The fourth-order valence-corrected chi connectivity index (χ4v) is 3.27. The van der Waals surface area contributed by atoms with Crippen LogP contribution >= 0.6 is 11.3 Å². The molecule has 1 fully saturated rings. The van der Waals surface area contributed by atoms with Gasteiger partial charge in [-0.2, -0.15) is 0 Å². The van der Waals surface area contributed by atoms with E-state index in [9.17, 15) is 14.9 Å². The van der Waals surface area contributed by atoms with E-state index in [4.69, 9.17) is 4.74 Å². The number of anilines is 1. The maximum Gasteiger partial charge on any atom is 0.304 e. The largest absolute Gasteiger partial charge is 0.380 e. The summed E-state index contributed by atoms with van der Waals surface area (Å²) in [4.78, 5) is 24.4. The molecule has 1 saturated heterocycles. The normalized spacial score (nSPS) is 19.5. The Bertz CT molecular complexity index is 500. The number of piperidine rings is 1. The number of nitrogens with zero attached hydrogens (tertiary/aromatic N) is 2. The fraction of sp³-hybridized carbons (Fsp3) is 0.583. The maximum atomic E-state index is 11.4. The number of carbonyl (C=O) groups is 1. The van der Waals surface area contributed by atoms with Gasteiger partial charge in [0, 0.05) is 26.3 Å². The van der Waals surface area contributed by atoms with E-state index in [0.717, 1.165) is 19.4 Å². The average Bonchev–Trinajstić information content (AvgIpc) is 2.84. The molecule has 0 spiro atoms. The maximum absolute atomic E-state index is 11.4. The molecule has 19 heavy (non-hydrogen) atoms. The van der Waals surface area contributed by atoms with Crippen LogP contribution in [0.5, 0.6) is 0 Å². The SMILES string of the molecule is COC1CCCN(c2sc(C(C)=O)cc2[N+](=O)[O-])C1. The van der Waals surface area contributed by atoms with Crippen molar-refractivity contribution in [3.8, 4) is 0 Å². The number of hydrogen-bond acceptors (Lipinski definition) is 6. The minimum absolute atomic E-state index is 0.0203. The molecule has 1 aliphatic rings. The lowest BCUT2D eigenvalue weighted by Gasteiger charge is -2.32. The van der Waals surface area contributed by atoms with Crippen LogP contribution in [-0.2, 0) is 4.74 Å². The molecule has 1 aromatic heterocycles. The van der Waals surface area contributed by atoms with Crippen molar-refractivity contribution >= 4 is 27.8 Å². The third-order valence-corrected chi connectivity index (χ3v) is 4.52. The molecule has 6 nitrogen and oxygen atoms in total. The van der Waals surface area contributed by atoms with E-state index in [2.05, 4.69) is 0 Å². The van der Waals surface area contributed by atoms with E-state index in [-0.39, 0.29) is 17.6 Å². The van der Waals surface area contributed by atoms with Crippen molar-refractivity contribution in [3.63, 3.8) is 0 Å². The van der Waals surface area contributed by atoms with Gasteiger partial charge in [-0.15, -0.1) is 11.3 Å². The van der Waals surface area contributed by atoms with Crippen molar-refractivity contribution in [3.05, 3.63) is 21.1 Å². The van der Waals surface area contributed by atoms with Gasteiger partial charge in [0.15, 0.2) is 10.8 Å². The zero-order valence-corrected chi connectivity index (χ0v) is 11.7. The molecule has 7 heteroatoms. The van der Waals surface area contributed by atoms with E-state index in [1.807, 2.05) is 4.90 Å². The van der Waals surface area contributed by atoms with Gasteiger partial charge in [0.2, 0.25) is 0 Å². The number of ether oxygens (including phenoxy) is 1. The molecule has 0 bridgehead atoms. The van der Waals surface area contributed by atoms with Crippen LogP contribution in [0.4, 0.5) is 10.7 Å². The first-order valence-electron chi connectivity index (χ1n) is 6.09. The van der Waals surface area contributed by atoms with Crippen LogP contribution in [-0.4, -0.2) is 37.0 Å². The Morgan fingerprint density at radius 3 is 2.95 bits per heavy atom. The summed E-state index contributed by atoms with van der Waals surface area (Å²) in [5.41, 5.74) is 0.0203. The van der Waals surface area contributed by atoms with Crippen molar-refractivity contribution in [1.82, 2.24) is 0 Å². The van der Waals surface area contributed by atoms with E-state index in [0.29, 0.717) is 16.4 Å². The predicted molar refractivity (Wildman–Crippen MR) is 73.2 cm³/mol. The Morgan fingerprint density at radius 1 is 1.63 bits per heavy atom. The number of hydrogen-bond donors (Lipinski definition) is 0. The van der Waals surface area contributed by atoms with Crippen molar-refractivity contribution < 1.29 is 14.5 Å². The second-order valence-corrected chi connectivity index (χ2v) is 5.59. The van der Waals surface area contributed by atoms with Gasteiger partial charge in [0.05, 0.1) is 15.9 Å². The molecule has 1 aliphatic heterocycles. The Labute approximate surface area is 115 Å². The first-order chi connectivity index (χ1) is 9.02. The molecule has 0 saturated carbocycles.